The highest BCUT2D eigenvalue weighted by Crippen LogP contribution is 2.25. The highest BCUT2D eigenvalue weighted by atomic mass is 79.9. The van der Waals surface area contributed by atoms with Crippen LogP contribution < -0.4 is 9.64 Å². The van der Waals surface area contributed by atoms with Crippen molar-refractivity contribution in [3.8, 4) is 5.75 Å². The van der Waals surface area contributed by atoms with Crippen LogP contribution in [0.15, 0.2) is 46.9 Å². The smallest absolute Gasteiger partial charge is 0.263 e. The molecule has 0 N–H and O–H groups in total. The Morgan fingerprint density at radius 2 is 1.77 bits per heavy atom. The summed E-state index contributed by atoms with van der Waals surface area (Å²) < 4.78 is 6.77. The van der Waals surface area contributed by atoms with Gasteiger partial charge in [0.05, 0.1) is 0 Å². The maximum Gasteiger partial charge on any atom is 0.263 e. The first kappa shape index (κ1) is 19.1. The molecular formula is C20H22BrClN2O2. The van der Waals surface area contributed by atoms with Gasteiger partial charge >= 0.3 is 0 Å². The molecule has 0 saturated carbocycles. The largest absolute Gasteiger partial charge is 0.481 e. The lowest BCUT2D eigenvalue weighted by Crippen LogP contribution is -2.52. The van der Waals surface area contributed by atoms with E-state index in [1.807, 2.05) is 47.4 Å². The van der Waals surface area contributed by atoms with Crippen molar-refractivity contribution in [1.82, 2.24) is 4.90 Å². The van der Waals surface area contributed by atoms with Crippen LogP contribution in [0.5, 0.6) is 5.75 Å². The first-order valence-electron chi connectivity index (χ1n) is 8.66. The van der Waals surface area contributed by atoms with Crippen LogP contribution in [0, 0.1) is 6.92 Å². The third kappa shape index (κ3) is 4.51. The van der Waals surface area contributed by atoms with Crippen LogP contribution in [0.4, 0.5) is 5.69 Å². The van der Waals surface area contributed by atoms with Gasteiger partial charge in [-0.2, -0.15) is 0 Å². The molecule has 26 heavy (non-hydrogen) atoms. The summed E-state index contributed by atoms with van der Waals surface area (Å²) >= 11 is 9.53. The fourth-order valence-electron chi connectivity index (χ4n) is 3.12. The van der Waals surface area contributed by atoms with E-state index in [9.17, 15) is 4.79 Å². The lowest BCUT2D eigenvalue weighted by molar-refractivity contribution is -0.138. The van der Waals surface area contributed by atoms with Gasteiger partial charge in [-0.15, -0.1) is 0 Å². The standard InChI is InChI=1S/C20H22BrClN2O2/c1-14-3-6-17(22)13-19(14)23-9-11-24(12-10-23)20(25)15(2)26-18-7-4-16(21)5-8-18/h3-8,13,15H,9-12H2,1-2H3. The van der Waals surface area contributed by atoms with Gasteiger partial charge in [0.15, 0.2) is 6.10 Å². The van der Waals surface area contributed by atoms with Gasteiger partial charge in [0.25, 0.3) is 5.91 Å². The highest BCUT2D eigenvalue weighted by molar-refractivity contribution is 9.10. The molecule has 0 bridgehead atoms. The topological polar surface area (TPSA) is 32.8 Å². The van der Waals surface area contributed by atoms with Gasteiger partial charge in [0.1, 0.15) is 5.75 Å². The summed E-state index contributed by atoms with van der Waals surface area (Å²) in [5.74, 6) is 0.720. The first-order valence-corrected chi connectivity index (χ1v) is 9.83. The van der Waals surface area contributed by atoms with Gasteiger partial charge in [-0.1, -0.05) is 33.6 Å². The minimum absolute atomic E-state index is 0.0235. The van der Waals surface area contributed by atoms with Gasteiger partial charge in [0.2, 0.25) is 0 Å². The number of nitrogens with zero attached hydrogens (tertiary/aromatic N) is 2. The third-order valence-corrected chi connectivity index (χ3v) is 5.34. The van der Waals surface area contributed by atoms with Crippen LogP contribution in [0.3, 0.4) is 0 Å². The quantitative estimate of drug-likeness (QED) is 0.705. The van der Waals surface area contributed by atoms with Crippen LogP contribution in [-0.2, 0) is 4.79 Å². The third-order valence-electron chi connectivity index (χ3n) is 4.58. The van der Waals surface area contributed by atoms with E-state index in [1.54, 1.807) is 6.92 Å². The van der Waals surface area contributed by atoms with E-state index in [0.717, 1.165) is 28.3 Å². The van der Waals surface area contributed by atoms with Gasteiger partial charge in [0, 0.05) is 41.4 Å². The number of ether oxygens (including phenoxy) is 1. The molecule has 2 aromatic carbocycles. The van der Waals surface area contributed by atoms with Crippen LogP contribution >= 0.6 is 27.5 Å². The summed E-state index contributed by atoms with van der Waals surface area (Å²) in [6.07, 6.45) is -0.504. The van der Waals surface area contributed by atoms with Crippen molar-refractivity contribution in [3.05, 3.63) is 57.5 Å². The second-order valence-corrected chi connectivity index (χ2v) is 7.81. The number of anilines is 1. The Hall–Kier alpha value is -1.72. The molecule has 2 aromatic rings. The van der Waals surface area contributed by atoms with Gasteiger partial charge in [-0.3, -0.25) is 4.79 Å². The fraction of sp³-hybridized carbons (Fsp3) is 0.350. The summed E-state index contributed by atoms with van der Waals surface area (Å²) in [4.78, 5) is 16.8. The van der Waals surface area contributed by atoms with E-state index >= 15 is 0 Å². The van der Waals surface area contributed by atoms with Crippen molar-refractivity contribution in [2.45, 2.75) is 20.0 Å². The van der Waals surface area contributed by atoms with E-state index in [1.165, 1.54) is 5.56 Å². The average molecular weight is 438 g/mol. The van der Waals surface area contributed by atoms with E-state index in [0.29, 0.717) is 18.8 Å². The van der Waals surface area contributed by atoms with Crippen molar-refractivity contribution in [1.29, 1.82) is 0 Å². The molecule has 1 atom stereocenters. The zero-order chi connectivity index (χ0) is 18.7. The SMILES string of the molecule is Cc1ccc(Cl)cc1N1CCN(C(=O)C(C)Oc2ccc(Br)cc2)CC1. The van der Waals surface area contributed by atoms with Crippen LogP contribution in [0.1, 0.15) is 12.5 Å². The Morgan fingerprint density at radius 3 is 2.42 bits per heavy atom. The lowest BCUT2D eigenvalue weighted by Gasteiger charge is -2.37. The van der Waals surface area contributed by atoms with Gasteiger partial charge in [-0.05, 0) is 55.8 Å². The number of carbonyl (C=O) groups is 1. The molecule has 0 aliphatic carbocycles. The Kier molecular flexibility index (Phi) is 6.09. The zero-order valence-electron chi connectivity index (χ0n) is 14.9. The molecule has 1 amide bonds. The zero-order valence-corrected chi connectivity index (χ0v) is 17.3. The molecule has 1 saturated heterocycles. The first-order chi connectivity index (χ1) is 12.4. The highest BCUT2D eigenvalue weighted by Gasteiger charge is 2.26. The second kappa shape index (κ2) is 8.31. The predicted octanol–water partition coefficient (Wildman–Crippen LogP) is 4.53. The average Bonchev–Trinajstić information content (AvgIpc) is 2.65. The maximum atomic E-state index is 12.7. The number of carbonyl (C=O) groups excluding carboxylic acids is 1. The van der Waals surface area contributed by atoms with E-state index in [-0.39, 0.29) is 5.91 Å². The number of aryl methyl sites for hydroxylation is 1. The summed E-state index contributed by atoms with van der Waals surface area (Å²) in [6, 6.07) is 13.4. The fourth-order valence-corrected chi connectivity index (χ4v) is 3.55. The van der Waals surface area contributed by atoms with Crippen molar-refractivity contribution in [3.63, 3.8) is 0 Å². The van der Waals surface area contributed by atoms with E-state index in [2.05, 4.69) is 27.8 Å². The molecular weight excluding hydrogens is 416 g/mol. The number of hydrogen-bond acceptors (Lipinski definition) is 3. The Bertz CT molecular complexity index is 774. The van der Waals surface area contributed by atoms with Crippen molar-refractivity contribution >= 4 is 39.1 Å². The molecule has 1 unspecified atom stereocenters. The molecule has 1 heterocycles. The maximum absolute atomic E-state index is 12.7. The minimum Gasteiger partial charge on any atom is -0.481 e. The number of hydrogen-bond donors (Lipinski definition) is 0. The Labute approximate surface area is 167 Å². The molecule has 0 aromatic heterocycles. The van der Waals surface area contributed by atoms with Crippen molar-refractivity contribution in [2.75, 3.05) is 31.1 Å². The molecule has 1 aliphatic rings. The number of amides is 1. The van der Waals surface area contributed by atoms with Crippen LogP contribution in [0.25, 0.3) is 0 Å². The van der Waals surface area contributed by atoms with Crippen molar-refractivity contribution in [2.24, 2.45) is 0 Å². The lowest BCUT2D eigenvalue weighted by atomic mass is 10.1. The normalized spacial score (nSPS) is 15.7. The van der Waals surface area contributed by atoms with Gasteiger partial charge in [-0.25, -0.2) is 0 Å². The summed E-state index contributed by atoms with van der Waals surface area (Å²) in [5, 5.41) is 0.737. The van der Waals surface area contributed by atoms with E-state index < -0.39 is 6.10 Å². The number of piperazine rings is 1. The Morgan fingerprint density at radius 1 is 1.12 bits per heavy atom. The Balaban J connectivity index is 1.57. The molecule has 6 heteroatoms. The molecule has 0 spiro atoms. The minimum atomic E-state index is -0.504. The molecule has 1 aliphatic heterocycles. The number of halogens is 2. The van der Waals surface area contributed by atoms with Crippen molar-refractivity contribution < 1.29 is 9.53 Å². The molecule has 1 fully saturated rings. The summed E-state index contributed by atoms with van der Waals surface area (Å²) in [5.41, 5.74) is 2.34. The monoisotopic (exact) mass is 436 g/mol. The molecule has 0 radical (unpaired) electrons. The summed E-state index contributed by atoms with van der Waals surface area (Å²) in [6.45, 7) is 6.82. The van der Waals surface area contributed by atoms with Crippen LogP contribution in [0.2, 0.25) is 5.02 Å². The van der Waals surface area contributed by atoms with E-state index in [4.69, 9.17) is 16.3 Å². The molecule has 138 valence electrons. The second-order valence-electron chi connectivity index (χ2n) is 6.46. The number of rotatable bonds is 4. The van der Waals surface area contributed by atoms with Crippen LogP contribution in [-0.4, -0.2) is 43.1 Å². The molecule has 3 rings (SSSR count). The van der Waals surface area contributed by atoms with Gasteiger partial charge < -0.3 is 14.5 Å². The molecule has 4 nitrogen and oxygen atoms in total. The summed E-state index contributed by atoms with van der Waals surface area (Å²) in [7, 11) is 0. The number of benzene rings is 2. The predicted molar refractivity (Wildman–Crippen MR) is 109 cm³/mol.